The molecule has 0 radical (unpaired) electrons. The molecule has 0 heterocycles. The highest BCUT2D eigenvalue weighted by atomic mass is 14.5. The molecule has 0 amide bonds. The van der Waals surface area contributed by atoms with Crippen LogP contribution in [0.5, 0.6) is 0 Å². The summed E-state index contributed by atoms with van der Waals surface area (Å²) in [4.78, 5) is 0. The molecule has 10 nitrogen and oxygen atoms in total. The van der Waals surface area contributed by atoms with Crippen molar-refractivity contribution in [2.24, 2.45) is 0 Å². The van der Waals surface area contributed by atoms with E-state index in [0.29, 0.717) is 11.1 Å². The van der Waals surface area contributed by atoms with Gasteiger partial charge in [0, 0.05) is 44.5 Å². The van der Waals surface area contributed by atoms with Crippen LogP contribution < -0.4 is 0 Å². The van der Waals surface area contributed by atoms with Gasteiger partial charge in [0.05, 0.1) is 80.0 Å². The van der Waals surface area contributed by atoms with E-state index in [1.165, 1.54) is 36.4 Å². The van der Waals surface area contributed by atoms with E-state index in [4.69, 9.17) is 0 Å². The number of fused-ring (bicyclic) bond motifs is 2. The molecule has 2 aliphatic rings. The largest absolute Gasteiger partial charge is 0.192 e. The second-order valence-electron chi connectivity index (χ2n) is 12.7. The average Bonchev–Trinajstić information content (AvgIpc) is 3.79. The summed E-state index contributed by atoms with van der Waals surface area (Å²) in [6.45, 7) is 0. The van der Waals surface area contributed by atoms with Gasteiger partial charge >= 0.3 is 0 Å². The van der Waals surface area contributed by atoms with Gasteiger partial charge in [-0.15, -0.1) is 0 Å². The highest BCUT2D eigenvalue weighted by Gasteiger charge is 2.43. The van der Waals surface area contributed by atoms with Crippen LogP contribution in [-0.4, -0.2) is 0 Å². The monoisotopic (exact) mass is 732 g/mol. The van der Waals surface area contributed by atoms with Crippen molar-refractivity contribution in [1.29, 1.82) is 52.6 Å². The van der Waals surface area contributed by atoms with E-state index in [0.717, 1.165) is 0 Å². The fourth-order valence-corrected chi connectivity index (χ4v) is 7.57. The van der Waals surface area contributed by atoms with Crippen LogP contribution in [0.3, 0.4) is 0 Å². The molecule has 5 aromatic rings. The Morgan fingerprint density at radius 1 is 0.345 bits per heavy atom. The van der Waals surface area contributed by atoms with Gasteiger partial charge < -0.3 is 0 Å². The molecule has 0 unspecified atom stereocenters. The number of nitriles is 10. The maximum atomic E-state index is 11.4. The molecule has 0 saturated heterocycles. The highest BCUT2D eigenvalue weighted by Crippen LogP contribution is 2.59. The van der Waals surface area contributed by atoms with Crippen LogP contribution in [-0.2, 0) is 0 Å². The van der Waals surface area contributed by atoms with E-state index in [9.17, 15) is 52.6 Å². The van der Waals surface area contributed by atoms with Crippen molar-refractivity contribution in [3.05, 3.63) is 175 Å². The van der Waals surface area contributed by atoms with Gasteiger partial charge in [0.1, 0.15) is 36.4 Å². The Kier molecular flexibility index (Phi) is 9.25. The molecule has 258 valence electrons. The third-order valence-electron chi connectivity index (χ3n) is 9.76. The maximum Gasteiger partial charge on any atom is 0.101 e. The van der Waals surface area contributed by atoms with Gasteiger partial charge in [-0.1, -0.05) is 60.7 Å². The summed E-state index contributed by atoms with van der Waals surface area (Å²) in [6.07, 6.45) is 0. The molecule has 0 spiro atoms. The summed E-state index contributed by atoms with van der Waals surface area (Å²) in [5, 5.41) is 106. The van der Waals surface area contributed by atoms with Crippen LogP contribution in [0.15, 0.2) is 97.1 Å². The summed E-state index contributed by atoms with van der Waals surface area (Å²) < 4.78 is 0. The summed E-state index contributed by atoms with van der Waals surface area (Å²) >= 11 is 0. The lowest BCUT2D eigenvalue weighted by atomic mass is 9.81. The number of nitrogens with zero attached hydrogens (tertiary/aromatic N) is 10. The van der Waals surface area contributed by atoms with Crippen molar-refractivity contribution in [3.8, 4) is 60.7 Å². The van der Waals surface area contributed by atoms with Crippen LogP contribution in [0.1, 0.15) is 77.9 Å². The molecular weight excluding hydrogens is 717 g/mol. The van der Waals surface area contributed by atoms with Crippen LogP contribution in [0.25, 0.3) is 44.6 Å². The van der Waals surface area contributed by atoms with Crippen LogP contribution in [0.2, 0.25) is 0 Å². The van der Waals surface area contributed by atoms with Gasteiger partial charge in [0.25, 0.3) is 0 Å². The summed E-state index contributed by atoms with van der Waals surface area (Å²) in [7, 11) is 0. The maximum absolute atomic E-state index is 11.4. The Bertz CT molecular complexity index is 3030. The normalized spacial score (nSPS) is 13.6. The molecule has 0 aromatic heterocycles. The van der Waals surface area contributed by atoms with Crippen molar-refractivity contribution in [1.82, 2.24) is 0 Å². The molecule has 58 heavy (non-hydrogen) atoms. The zero-order valence-corrected chi connectivity index (χ0v) is 29.7. The topological polar surface area (TPSA) is 238 Å². The third-order valence-corrected chi connectivity index (χ3v) is 9.76. The molecule has 0 bridgehead atoms. The smallest absolute Gasteiger partial charge is 0.101 e. The fraction of sp³-hybridized carbons (Fsp3) is 0. The molecule has 0 N–H and O–H groups in total. The lowest BCUT2D eigenvalue weighted by Crippen LogP contribution is -2.05. The van der Waals surface area contributed by atoms with E-state index >= 15 is 0 Å². The first-order valence-electron chi connectivity index (χ1n) is 17.0. The van der Waals surface area contributed by atoms with Gasteiger partial charge in [0.15, 0.2) is 0 Å². The minimum absolute atomic E-state index is 0.00416. The Morgan fingerprint density at radius 2 is 0.672 bits per heavy atom. The van der Waals surface area contributed by atoms with Gasteiger partial charge in [-0.05, 0) is 58.7 Å². The van der Waals surface area contributed by atoms with Crippen molar-refractivity contribution in [3.63, 3.8) is 0 Å². The lowest BCUT2D eigenvalue weighted by molar-refractivity contribution is 1.38. The summed E-state index contributed by atoms with van der Waals surface area (Å²) in [6, 6.07) is 46.6. The molecule has 5 aromatic carbocycles. The van der Waals surface area contributed by atoms with Gasteiger partial charge in [-0.3, -0.25) is 0 Å². The number of hydrogen-bond acceptors (Lipinski definition) is 10. The zero-order valence-electron chi connectivity index (χ0n) is 29.7. The number of allylic oxidation sites excluding steroid dienone is 8. The van der Waals surface area contributed by atoms with E-state index in [1.54, 1.807) is 60.7 Å². The minimum atomic E-state index is -0.180. The van der Waals surface area contributed by atoms with Crippen molar-refractivity contribution in [2.45, 2.75) is 0 Å². The molecule has 0 fully saturated rings. The molecular formula is C48H16N10. The first-order valence-corrected chi connectivity index (χ1v) is 17.0. The standard InChI is InChI=1S/C48H16N10/c49-17-27-11-28(18-50)14-33(13-27)35(21-53)45-41(31-7-3-1-4-8-31)37(23-55)43-39(25-57)44-38(24-56)42(32-9-5-2-6-10-32)46(48(44)40(26-58)47(43)45)36(22-54)34-15-29(19-51)12-30(16-34)20-52/h1-16H/b45-35+,46-36+. The summed E-state index contributed by atoms with van der Waals surface area (Å²) in [5.41, 5.74) is 1.07. The molecule has 2 aliphatic carbocycles. The summed E-state index contributed by atoms with van der Waals surface area (Å²) in [5.74, 6) is 0. The molecule has 0 aliphatic heterocycles. The number of hydrogen-bond donors (Lipinski definition) is 0. The lowest BCUT2D eigenvalue weighted by Gasteiger charge is -2.18. The Morgan fingerprint density at radius 3 is 0.948 bits per heavy atom. The first kappa shape index (κ1) is 36.3. The average molecular weight is 733 g/mol. The van der Waals surface area contributed by atoms with Gasteiger partial charge in [-0.2, -0.15) is 52.6 Å². The predicted molar refractivity (Wildman–Crippen MR) is 210 cm³/mol. The number of rotatable bonds is 4. The Balaban J connectivity index is 1.79. The first-order chi connectivity index (χ1) is 28.4. The fourth-order valence-electron chi connectivity index (χ4n) is 7.57. The molecule has 7 rings (SSSR count). The van der Waals surface area contributed by atoms with Crippen molar-refractivity contribution < 1.29 is 0 Å². The molecule has 10 heteroatoms. The second kappa shape index (κ2) is 14.8. The van der Waals surface area contributed by atoms with Crippen molar-refractivity contribution >= 4 is 44.6 Å². The van der Waals surface area contributed by atoms with Crippen LogP contribution in [0, 0.1) is 113 Å². The predicted octanol–water partition coefficient (Wildman–Crippen LogP) is 8.68. The molecule has 0 atom stereocenters. The second-order valence-corrected chi connectivity index (χ2v) is 12.7. The van der Waals surface area contributed by atoms with E-state index in [1.807, 2.05) is 24.3 Å². The van der Waals surface area contributed by atoms with E-state index < -0.39 is 0 Å². The molecule has 0 saturated carbocycles. The van der Waals surface area contributed by atoms with Crippen LogP contribution in [0.4, 0.5) is 0 Å². The SMILES string of the molecule is N#CC1=C(c2ccccc2)/C(=C(/C#N)c2cc(C#N)cc(C#N)c2)c2c(C#N)c3c(c(C#N)c21)C(C#N)=C(c1ccccc1)/C3=C(/C#N)c1cc(C#N)cc(C#N)c1. The quantitative estimate of drug-likeness (QED) is 0.159. The van der Waals surface area contributed by atoms with Gasteiger partial charge in [-0.25, -0.2) is 0 Å². The van der Waals surface area contributed by atoms with Gasteiger partial charge in [0.2, 0.25) is 0 Å². The van der Waals surface area contributed by atoms with E-state index in [2.05, 4.69) is 36.4 Å². The Labute approximate surface area is 331 Å². The number of benzene rings is 5. The van der Waals surface area contributed by atoms with E-state index in [-0.39, 0.29) is 111 Å². The Hall–Kier alpha value is -10.0. The minimum Gasteiger partial charge on any atom is -0.192 e. The zero-order chi connectivity index (χ0) is 41.1. The van der Waals surface area contributed by atoms with Crippen molar-refractivity contribution in [2.75, 3.05) is 0 Å². The third kappa shape index (κ3) is 5.50. The highest BCUT2D eigenvalue weighted by molar-refractivity contribution is 6.36. The van der Waals surface area contributed by atoms with Crippen LogP contribution >= 0.6 is 0 Å².